The number of nitrogens with zero attached hydrogens (tertiary/aromatic N) is 2. The number of aromatic hydroxyl groups is 1. The summed E-state index contributed by atoms with van der Waals surface area (Å²) in [5.41, 5.74) is 3.89. The Hall–Kier alpha value is -2.55. The third kappa shape index (κ3) is 6.26. The second kappa shape index (κ2) is 10.7. The molecule has 0 spiro atoms. The lowest BCUT2D eigenvalue weighted by Crippen LogP contribution is -2.36. The van der Waals surface area contributed by atoms with Gasteiger partial charge in [0.05, 0.1) is 18.8 Å². The third-order valence-corrected chi connectivity index (χ3v) is 3.96. The van der Waals surface area contributed by atoms with E-state index in [1.165, 1.54) is 5.56 Å². The summed E-state index contributed by atoms with van der Waals surface area (Å²) in [6.45, 7) is 5.78. The van der Waals surface area contributed by atoms with Crippen molar-refractivity contribution in [2.45, 2.75) is 26.9 Å². The van der Waals surface area contributed by atoms with Gasteiger partial charge in [0, 0.05) is 12.1 Å². The van der Waals surface area contributed by atoms with Crippen molar-refractivity contribution < 1.29 is 9.52 Å². The second-order valence-corrected chi connectivity index (χ2v) is 6.23. The van der Waals surface area contributed by atoms with Gasteiger partial charge in [-0.05, 0) is 43.7 Å². The van der Waals surface area contributed by atoms with Gasteiger partial charge in [-0.1, -0.05) is 29.8 Å². The fourth-order valence-corrected chi connectivity index (χ4v) is 2.56. The summed E-state index contributed by atoms with van der Waals surface area (Å²) in [7, 11) is 0. The molecule has 0 unspecified atom stereocenters. The Labute approximate surface area is 182 Å². The number of nitrogens with one attached hydrogen (secondary N) is 2. The summed E-state index contributed by atoms with van der Waals surface area (Å²) in [6.07, 6.45) is 1.65. The summed E-state index contributed by atoms with van der Waals surface area (Å²) in [5, 5.41) is 16.0. The monoisotopic (exact) mass is 492 g/mol. The molecular weight excluding hydrogens is 467 g/mol. The van der Waals surface area contributed by atoms with Crippen LogP contribution in [0.2, 0.25) is 0 Å². The molecule has 3 N–H and O–H groups in total. The lowest BCUT2D eigenvalue weighted by Gasteiger charge is -2.10. The van der Waals surface area contributed by atoms with Crippen LogP contribution in [-0.2, 0) is 13.1 Å². The fraction of sp³-hybridized carbons (Fsp3) is 0.238. The Kier molecular flexibility index (Phi) is 8.31. The van der Waals surface area contributed by atoms with E-state index in [-0.39, 0.29) is 29.7 Å². The smallest absolute Gasteiger partial charge is 0.226 e. The molecule has 0 aliphatic heterocycles. The normalized spacial score (nSPS) is 11.0. The molecule has 3 rings (SSSR count). The van der Waals surface area contributed by atoms with Gasteiger partial charge in [0.25, 0.3) is 0 Å². The average molecular weight is 492 g/mol. The lowest BCUT2D eigenvalue weighted by molar-refractivity contribution is 0.474. The van der Waals surface area contributed by atoms with Crippen molar-refractivity contribution >= 4 is 29.9 Å². The lowest BCUT2D eigenvalue weighted by atomic mass is 10.1. The molecular formula is C21H25IN4O2. The molecule has 6 nitrogen and oxygen atoms in total. The molecule has 0 atom stereocenters. The highest BCUT2D eigenvalue weighted by Crippen LogP contribution is 2.19. The van der Waals surface area contributed by atoms with Gasteiger partial charge in [0.15, 0.2) is 5.96 Å². The van der Waals surface area contributed by atoms with Gasteiger partial charge in [0.1, 0.15) is 12.0 Å². The number of hydrogen-bond acceptors (Lipinski definition) is 4. The topological polar surface area (TPSA) is 82.7 Å². The number of phenols is 1. The highest BCUT2D eigenvalue weighted by atomic mass is 127. The molecule has 0 amide bonds. The van der Waals surface area contributed by atoms with E-state index in [0.29, 0.717) is 24.9 Å². The van der Waals surface area contributed by atoms with E-state index in [1.54, 1.807) is 18.4 Å². The Morgan fingerprint density at radius 3 is 2.64 bits per heavy atom. The van der Waals surface area contributed by atoms with Crippen LogP contribution in [0.5, 0.6) is 5.75 Å². The number of benzene rings is 2. The molecule has 0 bridgehead atoms. The maximum absolute atomic E-state index is 9.55. The van der Waals surface area contributed by atoms with Crippen LogP contribution < -0.4 is 10.6 Å². The number of hydrogen-bond donors (Lipinski definition) is 3. The van der Waals surface area contributed by atoms with Crippen LogP contribution in [0.4, 0.5) is 0 Å². The minimum absolute atomic E-state index is 0. The first kappa shape index (κ1) is 21.7. The zero-order chi connectivity index (χ0) is 19.1. The molecule has 0 saturated heterocycles. The van der Waals surface area contributed by atoms with Crippen molar-refractivity contribution in [2.75, 3.05) is 6.54 Å². The quantitative estimate of drug-likeness (QED) is 0.273. The molecule has 1 heterocycles. The van der Waals surface area contributed by atoms with E-state index >= 15 is 0 Å². The number of guanidine groups is 1. The standard InChI is InChI=1S/C21H24N4O2.HI/c1-3-22-21(23-12-16-5-4-6-19(26)11-16)24-13-18-14-27-20(25-18)17-9-7-15(2)8-10-17;/h4-11,14,26H,3,12-13H2,1-2H3,(H2,22,23,24);1H. The number of halogens is 1. The third-order valence-electron chi connectivity index (χ3n) is 3.96. The van der Waals surface area contributed by atoms with Crippen LogP contribution in [0.3, 0.4) is 0 Å². The minimum Gasteiger partial charge on any atom is -0.508 e. The van der Waals surface area contributed by atoms with Crippen molar-refractivity contribution in [1.29, 1.82) is 0 Å². The molecule has 1 aromatic heterocycles. The largest absolute Gasteiger partial charge is 0.508 e. The van der Waals surface area contributed by atoms with Gasteiger partial charge < -0.3 is 20.2 Å². The van der Waals surface area contributed by atoms with Gasteiger partial charge in [-0.25, -0.2) is 9.98 Å². The molecule has 2 aromatic carbocycles. The fourth-order valence-electron chi connectivity index (χ4n) is 2.56. The van der Waals surface area contributed by atoms with Crippen molar-refractivity contribution in [1.82, 2.24) is 15.6 Å². The number of phenolic OH excluding ortho intramolecular Hbond substituents is 1. The van der Waals surface area contributed by atoms with Crippen LogP contribution in [0.15, 0.2) is 64.2 Å². The molecule has 0 aliphatic rings. The number of aliphatic imine (C=N–C) groups is 1. The van der Waals surface area contributed by atoms with Gasteiger partial charge in [0.2, 0.25) is 5.89 Å². The molecule has 3 aromatic rings. The van der Waals surface area contributed by atoms with E-state index in [0.717, 1.165) is 23.4 Å². The summed E-state index contributed by atoms with van der Waals surface area (Å²) in [6, 6.07) is 15.2. The van der Waals surface area contributed by atoms with E-state index in [2.05, 4.69) is 20.6 Å². The summed E-state index contributed by atoms with van der Waals surface area (Å²) in [5.74, 6) is 1.53. The zero-order valence-electron chi connectivity index (χ0n) is 16.0. The molecule has 0 saturated carbocycles. The molecule has 7 heteroatoms. The SMILES string of the molecule is CCNC(=NCc1cccc(O)c1)NCc1coc(-c2ccc(C)cc2)n1.I. The maximum Gasteiger partial charge on any atom is 0.226 e. The number of oxazole rings is 1. The van der Waals surface area contributed by atoms with Crippen LogP contribution in [0.25, 0.3) is 11.5 Å². The van der Waals surface area contributed by atoms with Gasteiger partial charge >= 0.3 is 0 Å². The van der Waals surface area contributed by atoms with E-state index in [9.17, 15) is 5.11 Å². The number of rotatable bonds is 6. The van der Waals surface area contributed by atoms with Gasteiger partial charge in [-0.15, -0.1) is 24.0 Å². The van der Waals surface area contributed by atoms with Gasteiger partial charge in [-0.3, -0.25) is 0 Å². The van der Waals surface area contributed by atoms with Crippen LogP contribution in [0.1, 0.15) is 23.7 Å². The minimum atomic E-state index is 0. The number of aromatic nitrogens is 1. The first-order valence-electron chi connectivity index (χ1n) is 8.95. The first-order chi connectivity index (χ1) is 13.1. The molecule has 0 fully saturated rings. The molecule has 0 aliphatic carbocycles. The molecule has 148 valence electrons. The van der Waals surface area contributed by atoms with E-state index in [4.69, 9.17) is 4.42 Å². The maximum atomic E-state index is 9.55. The predicted octanol–water partition coefficient (Wildman–Crippen LogP) is 4.23. The molecule has 0 radical (unpaired) electrons. The summed E-state index contributed by atoms with van der Waals surface area (Å²) < 4.78 is 5.59. The Morgan fingerprint density at radius 2 is 1.93 bits per heavy atom. The van der Waals surface area contributed by atoms with Crippen LogP contribution in [0, 0.1) is 6.92 Å². The summed E-state index contributed by atoms with van der Waals surface area (Å²) in [4.78, 5) is 9.07. The van der Waals surface area contributed by atoms with Crippen molar-refractivity contribution in [3.8, 4) is 17.2 Å². The van der Waals surface area contributed by atoms with E-state index < -0.39 is 0 Å². The highest BCUT2D eigenvalue weighted by molar-refractivity contribution is 14.0. The second-order valence-electron chi connectivity index (χ2n) is 6.23. The Bertz CT molecular complexity index is 907. The highest BCUT2D eigenvalue weighted by Gasteiger charge is 2.07. The van der Waals surface area contributed by atoms with Crippen molar-refractivity contribution in [3.63, 3.8) is 0 Å². The Balaban J connectivity index is 0.00000280. The van der Waals surface area contributed by atoms with Crippen LogP contribution in [-0.4, -0.2) is 22.6 Å². The average Bonchev–Trinajstić information content (AvgIpc) is 3.14. The number of aryl methyl sites for hydroxylation is 1. The predicted molar refractivity (Wildman–Crippen MR) is 122 cm³/mol. The zero-order valence-corrected chi connectivity index (χ0v) is 18.3. The first-order valence-corrected chi connectivity index (χ1v) is 8.95. The van der Waals surface area contributed by atoms with Crippen molar-refractivity contribution in [3.05, 3.63) is 71.6 Å². The van der Waals surface area contributed by atoms with Gasteiger partial charge in [-0.2, -0.15) is 0 Å². The summed E-state index contributed by atoms with van der Waals surface area (Å²) >= 11 is 0. The van der Waals surface area contributed by atoms with E-state index in [1.807, 2.05) is 50.2 Å². The van der Waals surface area contributed by atoms with Crippen molar-refractivity contribution in [2.24, 2.45) is 4.99 Å². The Morgan fingerprint density at radius 1 is 1.14 bits per heavy atom. The van der Waals surface area contributed by atoms with Crippen LogP contribution >= 0.6 is 24.0 Å². The molecule has 28 heavy (non-hydrogen) atoms.